The maximum atomic E-state index is 12.1. The van der Waals surface area contributed by atoms with E-state index in [0.717, 1.165) is 6.42 Å². The van der Waals surface area contributed by atoms with E-state index in [2.05, 4.69) is 18.8 Å². The summed E-state index contributed by atoms with van der Waals surface area (Å²) in [6, 6.07) is 1.61. The number of nitrogens with zero attached hydrogens (tertiary/aromatic N) is 2. The molecule has 1 aromatic heterocycles. The first-order valence-electron chi connectivity index (χ1n) is 5.83. The molecule has 1 N–H and O–H groups in total. The van der Waals surface area contributed by atoms with Crippen LogP contribution in [0.1, 0.15) is 37.6 Å². The molecule has 17 heavy (non-hydrogen) atoms. The molecule has 0 aliphatic carbocycles. The van der Waals surface area contributed by atoms with Crippen LogP contribution in [0, 0.1) is 5.92 Å². The zero-order chi connectivity index (χ0) is 13.0. The van der Waals surface area contributed by atoms with Gasteiger partial charge in [-0.2, -0.15) is 0 Å². The Morgan fingerprint density at radius 1 is 1.41 bits per heavy atom. The molecule has 1 atom stereocenters. The minimum Gasteiger partial charge on any atom is -0.506 e. The molecule has 0 aromatic carbocycles. The molecule has 0 saturated carbocycles. The first kappa shape index (κ1) is 13.5. The van der Waals surface area contributed by atoms with Crippen molar-refractivity contribution >= 4 is 5.91 Å². The zero-order valence-electron chi connectivity index (χ0n) is 10.8. The SMILES string of the molecule is CC(C)CC(C)N(C)C(=O)c1cncc(O)c1. The molecule has 0 bridgehead atoms. The van der Waals surface area contributed by atoms with Crippen LogP contribution in [0.15, 0.2) is 18.5 Å². The quantitative estimate of drug-likeness (QED) is 0.872. The van der Waals surface area contributed by atoms with E-state index in [-0.39, 0.29) is 17.7 Å². The van der Waals surface area contributed by atoms with Gasteiger partial charge in [-0.25, -0.2) is 0 Å². The van der Waals surface area contributed by atoms with E-state index in [1.54, 1.807) is 11.9 Å². The van der Waals surface area contributed by atoms with Crippen LogP contribution in [0.5, 0.6) is 5.75 Å². The number of hydrogen-bond donors (Lipinski definition) is 1. The van der Waals surface area contributed by atoms with Crippen LogP contribution in [0.2, 0.25) is 0 Å². The molecule has 1 heterocycles. The van der Waals surface area contributed by atoms with E-state index in [0.29, 0.717) is 11.5 Å². The third-order valence-electron chi connectivity index (χ3n) is 2.76. The second-order valence-electron chi connectivity index (χ2n) is 4.83. The average molecular weight is 236 g/mol. The molecule has 0 radical (unpaired) electrons. The van der Waals surface area contributed by atoms with Crippen molar-refractivity contribution in [2.75, 3.05) is 7.05 Å². The van der Waals surface area contributed by atoms with Crippen molar-refractivity contribution in [1.29, 1.82) is 0 Å². The number of hydrogen-bond acceptors (Lipinski definition) is 3. The van der Waals surface area contributed by atoms with Crippen molar-refractivity contribution in [1.82, 2.24) is 9.88 Å². The molecule has 0 aliphatic rings. The lowest BCUT2D eigenvalue weighted by Gasteiger charge is -2.26. The fraction of sp³-hybridized carbons (Fsp3) is 0.538. The lowest BCUT2D eigenvalue weighted by Crippen LogP contribution is -2.35. The summed E-state index contributed by atoms with van der Waals surface area (Å²) in [5.74, 6) is 0.449. The Kier molecular flexibility index (Phi) is 4.49. The predicted molar refractivity (Wildman–Crippen MR) is 66.9 cm³/mol. The number of amides is 1. The van der Waals surface area contributed by atoms with Crippen molar-refractivity contribution in [3.8, 4) is 5.75 Å². The second kappa shape index (κ2) is 5.66. The largest absolute Gasteiger partial charge is 0.506 e. The summed E-state index contributed by atoms with van der Waals surface area (Å²) < 4.78 is 0. The summed E-state index contributed by atoms with van der Waals surface area (Å²) >= 11 is 0. The second-order valence-corrected chi connectivity index (χ2v) is 4.83. The monoisotopic (exact) mass is 236 g/mol. The van der Waals surface area contributed by atoms with Gasteiger partial charge in [0.15, 0.2) is 0 Å². The molecule has 1 amide bonds. The van der Waals surface area contributed by atoms with E-state index >= 15 is 0 Å². The van der Waals surface area contributed by atoms with E-state index in [1.807, 2.05) is 6.92 Å². The average Bonchev–Trinajstić information content (AvgIpc) is 2.26. The zero-order valence-corrected chi connectivity index (χ0v) is 10.8. The van der Waals surface area contributed by atoms with Gasteiger partial charge in [0.2, 0.25) is 0 Å². The predicted octanol–water partition coefficient (Wildman–Crippen LogP) is 2.29. The van der Waals surface area contributed by atoms with Gasteiger partial charge >= 0.3 is 0 Å². The lowest BCUT2D eigenvalue weighted by molar-refractivity contribution is 0.0727. The number of carbonyl (C=O) groups excluding carboxylic acids is 1. The van der Waals surface area contributed by atoms with Crippen molar-refractivity contribution < 1.29 is 9.90 Å². The smallest absolute Gasteiger partial charge is 0.255 e. The molecule has 0 spiro atoms. The molecular formula is C13H20N2O2. The Morgan fingerprint density at radius 2 is 2.06 bits per heavy atom. The summed E-state index contributed by atoms with van der Waals surface area (Å²) in [7, 11) is 1.78. The Morgan fingerprint density at radius 3 is 2.59 bits per heavy atom. The Labute approximate surface area is 102 Å². The van der Waals surface area contributed by atoms with E-state index in [9.17, 15) is 9.90 Å². The first-order valence-corrected chi connectivity index (χ1v) is 5.83. The fourth-order valence-electron chi connectivity index (χ4n) is 1.79. The molecule has 4 nitrogen and oxygen atoms in total. The number of rotatable bonds is 4. The van der Waals surface area contributed by atoms with Gasteiger partial charge < -0.3 is 10.0 Å². The maximum absolute atomic E-state index is 12.1. The van der Waals surface area contributed by atoms with Crippen LogP contribution < -0.4 is 0 Å². The molecule has 0 aliphatic heterocycles. The molecule has 1 unspecified atom stereocenters. The van der Waals surface area contributed by atoms with Crippen molar-refractivity contribution in [3.05, 3.63) is 24.0 Å². The summed E-state index contributed by atoms with van der Waals surface area (Å²) in [5, 5.41) is 9.29. The third-order valence-corrected chi connectivity index (χ3v) is 2.76. The van der Waals surface area contributed by atoms with Gasteiger partial charge in [0, 0.05) is 19.3 Å². The highest BCUT2D eigenvalue weighted by Gasteiger charge is 2.18. The summed E-state index contributed by atoms with van der Waals surface area (Å²) in [6.07, 6.45) is 3.74. The van der Waals surface area contributed by atoms with Crippen molar-refractivity contribution in [2.45, 2.75) is 33.2 Å². The van der Waals surface area contributed by atoms with E-state index in [1.165, 1.54) is 18.5 Å². The molecular weight excluding hydrogens is 216 g/mol. The third kappa shape index (κ3) is 3.73. The molecule has 1 rings (SSSR count). The highest BCUT2D eigenvalue weighted by atomic mass is 16.3. The number of aromatic nitrogens is 1. The lowest BCUT2D eigenvalue weighted by atomic mass is 10.0. The van der Waals surface area contributed by atoms with Gasteiger partial charge in [-0.05, 0) is 25.3 Å². The normalized spacial score (nSPS) is 12.5. The van der Waals surface area contributed by atoms with Crippen LogP contribution in [0.25, 0.3) is 0 Å². The van der Waals surface area contributed by atoms with E-state index in [4.69, 9.17) is 0 Å². The van der Waals surface area contributed by atoms with Crippen LogP contribution >= 0.6 is 0 Å². The van der Waals surface area contributed by atoms with Crippen LogP contribution in [0.3, 0.4) is 0 Å². The highest BCUT2D eigenvalue weighted by Crippen LogP contribution is 2.15. The number of pyridine rings is 1. The van der Waals surface area contributed by atoms with Gasteiger partial charge in [-0.3, -0.25) is 9.78 Å². The minimum atomic E-state index is -0.110. The van der Waals surface area contributed by atoms with Gasteiger partial charge in [-0.1, -0.05) is 13.8 Å². The van der Waals surface area contributed by atoms with E-state index < -0.39 is 0 Å². The van der Waals surface area contributed by atoms with Crippen molar-refractivity contribution in [3.63, 3.8) is 0 Å². The molecule has 4 heteroatoms. The fourth-order valence-corrected chi connectivity index (χ4v) is 1.79. The summed E-state index contributed by atoms with van der Waals surface area (Å²) in [5.41, 5.74) is 0.420. The van der Waals surface area contributed by atoms with Crippen molar-refractivity contribution in [2.24, 2.45) is 5.92 Å². The summed E-state index contributed by atoms with van der Waals surface area (Å²) in [4.78, 5) is 17.6. The molecule has 1 aromatic rings. The van der Waals surface area contributed by atoms with Crippen LogP contribution in [-0.2, 0) is 0 Å². The molecule has 94 valence electrons. The van der Waals surface area contributed by atoms with Gasteiger partial charge in [0.1, 0.15) is 5.75 Å². The summed E-state index contributed by atoms with van der Waals surface area (Å²) in [6.45, 7) is 6.28. The topological polar surface area (TPSA) is 53.4 Å². The van der Waals surface area contributed by atoms with Crippen LogP contribution in [-0.4, -0.2) is 34.0 Å². The van der Waals surface area contributed by atoms with Gasteiger partial charge in [0.05, 0.1) is 11.8 Å². The first-order chi connectivity index (χ1) is 7.91. The standard InChI is InChI=1S/C13H20N2O2/c1-9(2)5-10(3)15(4)13(17)11-6-12(16)8-14-7-11/h6-10,16H,5H2,1-4H3. The van der Waals surface area contributed by atoms with Gasteiger partial charge in [0.25, 0.3) is 5.91 Å². The Hall–Kier alpha value is -1.58. The Bertz CT molecular complexity index is 391. The Balaban J connectivity index is 2.76. The highest BCUT2D eigenvalue weighted by molar-refractivity contribution is 5.94. The maximum Gasteiger partial charge on any atom is 0.255 e. The number of aromatic hydroxyl groups is 1. The van der Waals surface area contributed by atoms with Crippen LogP contribution in [0.4, 0.5) is 0 Å². The molecule has 0 fully saturated rings. The minimum absolute atomic E-state index is 0.0146. The number of carbonyl (C=O) groups is 1. The molecule has 0 saturated heterocycles. The van der Waals surface area contributed by atoms with Gasteiger partial charge in [-0.15, -0.1) is 0 Å².